The molecule has 3 aromatic carbocycles. The Labute approximate surface area is 299 Å². The fourth-order valence-corrected chi connectivity index (χ4v) is 8.49. The van der Waals surface area contributed by atoms with Gasteiger partial charge in [0.05, 0.1) is 25.1 Å². The molecule has 0 saturated heterocycles. The highest BCUT2D eigenvalue weighted by molar-refractivity contribution is 6.07. The van der Waals surface area contributed by atoms with Crippen LogP contribution in [0.4, 0.5) is 5.69 Å². The number of esters is 1. The zero-order chi connectivity index (χ0) is 35.5. The first kappa shape index (κ1) is 30.9. The highest BCUT2D eigenvalue weighted by Crippen LogP contribution is 2.61. The molecule has 1 amide bonds. The molecule has 11 nitrogen and oxygen atoms in total. The number of nitrogens with zero attached hydrogens (tertiary/aromatic N) is 2. The maximum atomic E-state index is 14.2. The van der Waals surface area contributed by atoms with Crippen LogP contribution < -0.4 is 15.4 Å². The summed E-state index contributed by atoms with van der Waals surface area (Å²) in [7, 11) is 0. The Bertz CT molecular complexity index is 2450. The molecule has 0 aliphatic carbocycles. The van der Waals surface area contributed by atoms with Gasteiger partial charge in [0.2, 0.25) is 17.7 Å². The summed E-state index contributed by atoms with van der Waals surface area (Å²) in [5, 5.41) is 8.01. The van der Waals surface area contributed by atoms with Crippen LogP contribution in [-0.4, -0.2) is 39.7 Å². The number of benzene rings is 3. The third-order valence-corrected chi connectivity index (χ3v) is 10.9. The molecule has 1 spiro atoms. The molecule has 52 heavy (non-hydrogen) atoms. The Balaban J connectivity index is 1.26. The van der Waals surface area contributed by atoms with E-state index in [0.29, 0.717) is 47.8 Å². The predicted molar refractivity (Wildman–Crippen MR) is 192 cm³/mol. The van der Waals surface area contributed by atoms with Gasteiger partial charge in [0.1, 0.15) is 17.2 Å². The van der Waals surface area contributed by atoms with Gasteiger partial charge in [-0.05, 0) is 41.5 Å². The van der Waals surface area contributed by atoms with E-state index in [2.05, 4.69) is 52.0 Å². The van der Waals surface area contributed by atoms with Crippen molar-refractivity contribution in [2.75, 3.05) is 11.9 Å². The van der Waals surface area contributed by atoms with E-state index >= 15 is 0 Å². The number of amides is 1. The number of anilines is 1. The number of para-hydroxylation sites is 1. The van der Waals surface area contributed by atoms with Crippen molar-refractivity contribution in [2.45, 2.75) is 58.2 Å². The number of oxazole rings is 2. The zero-order valence-electron chi connectivity index (χ0n) is 29.2. The van der Waals surface area contributed by atoms with Gasteiger partial charge in [0.25, 0.3) is 0 Å². The number of hydrogen-bond donors (Lipinski definition) is 3. The molecule has 0 fully saturated rings. The number of ether oxygens (including phenoxy) is 2. The van der Waals surface area contributed by atoms with Crippen LogP contribution >= 0.6 is 0 Å². The van der Waals surface area contributed by atoms with Crippen LogP contribution in [0.3, 0.4) is 0 Å². The van der Waals surface area contributed by atoms with Crippen molar-refractivity contribution in [1.82, 2.24) is 20.3 Å². The van der Waals surface area contributed by atoms with Crippen molar-refractivity contribution in [3.63, 3.8) is 0 Å². The summed E-state index contributed by atoms with van der Waals surface area (Å²) in [5.74, 6) is 1.09. The minimum atomic E-state index is -1.02. The van der Waals surface area contributed by atoms with E-state index in [9.17, 15) is 9.59 Å². The lowest BCUT2D eigenvalue weighted by molar-refractivity contribution is -0.148. The molecule has 2 unspecified atom stereocenters. The molecular formula is C41H37N5O6. The summed E-state index contributed by atoms with van der Waals surface area (Å²) < 4.78 is 26.0. The van der Waals surface area contributed by atoms with Crippen LogP contribution in [0.5, 0.6) is 5.75 Å². The summed E-state index contributed by atoms with van der Waals surface area (Å²) >= 11 is 0. The number of aromatic amines is 1. The molecule has 11 heteroatoms. The maximum Gasteiger partial charge on any atom is 0.306 e. The maximum absolute atomic E-state index is 14.2. The SMILES string of the molecule is CC(C)COC(=O)CC1Cc2ccc3c(c2)[C@]24c5cccc(c5NC2O3)-c2cccc3[nH]cc(c23)-c2cnc(o2)-c2nc(oc24)[C@H](C(C)C)NC1=O. The van der Waals surface area contributed by atoms with Crippen molar-refractivity contribution in [3.05, 3.63) is 95.3 Å². The number of aromatic nitrogens is 3. The van der Waals surface area contributed by atoms with Crippen molar-refractivity contribution in [1.29, 1.82) is 0 Å². The molecule has 0 radical (unpaired) electrons. The third kappa shape index (κ3) is 4.31. The quantitative estimate of drug-likeness (QED) is 0.156. The lowest BCUT2D eigenvalue weighted by atomic mass is 9.72. The van der Waals surface area contributed by atoms with Crippen LogP contribution in [0.15, 0.2) is 75.8 Å². The summed E-state index contributed by atoms with van der Waals surface area (Å²) in [6.45, 7) is 8.27. The molecule has 3 N–H and O–H groups in total. The second-order valence-electron chi connectivity index (χ2n) is 15.1. The molecule has 7 heterocycles. The monoisotopic (exact) mass is 695 g/mol. The van der Waals surface area contributed by atoms with E-state index < -0.39 is 29.6 Å². The van der Waals surface area contributed by atoms with Gasteiger partial charge in [0, 0.05) is 45.0 Å². The van der Waals surface area contributed by atoms with Crippen molar-refractivity contribution >= 4 is 28.5 Å². The number of carbonyl (C=O) groups is 2. The molecule has 10 rings (SSSR count). The molecule has 4 aliphatic rings. The lowest BCUT2D eigenvalue weighted by Gasteiger charge is -2.28. The second-order valence-corrected chi connectivity index (χ2v) is 15.1. The van der Waals surface area contributed by atoms with Crippen molar-refractivity contribution in [3.8, 4) is 39.8 Å². The van der Waals surface area contributed by atoms with E-state index in [-0.39, 0.29) is 24.2 Å². The van der Waals surface area contributed by atoms with Gasteiger partial charge in [-0.15, -0.1) is 0 Å². The molecule has 0 saturated carbocycles. The average molecular weight is 696 g/mol. The van der Waals surface area contributed by atoms with Gasteiger partial charge in [-0.2, -0.15) is 0 Å². The Morgan fingerprint density at radius 2 is 1.85 bits per heavy atom. The van der Waals surface area contributed by atoms with E-state index in [1.165, 1.54) is 0 Å². The Hall–Kier alpha value is -5.84. The standard InChI is InChI=1S/C41H37N5O6/c1-19(2)18-49-31(47)15-22-13-21-11-12-29-27(14-21)41-26-9-5-8-24(34(26)46-40(41)51-29)23-7-6-10-28-32(23)25(16-42-28)30-17-43-38(50-30)35-36(41)52-39(45-35)33(20(3)4)44-37(22)48/h5-12,14,16-17,19-20,22,33,40,42,46H,13,15,18H2,1-4H3,(H,44,48)/t22?,33-,40?,41-/m0/s1. The lowest BCUT2D eigenvalue weighted by Crippen LogP contribution is -2.40. The number of hydrogen-bond acceptors (Lipinski definition) is 9. The Morgan fingerprint density at radius 1 is 1.00 bits per heavy atom. The van der Waals surface area contributed by atoms with Gasteiger partial charge in [-0.3, -0.25) is 9.59 Å². The highest BCUT2D eigenvalue weighted by atomic mass is 16.5. The zero-order valence-corrected chi connectivity index (χ0v) is 29.2. The van der Waals surface area contributed by atoms with E-state index in [0.717, 1.165) is 50.0 Å². The Morgan fingerprint density at radius 3 is 2.69 bits per heavy atom. The number of rotatable bonds is 5. The first-order chi connectivity index (χ1) is 25.2. The van der Waals surface area contributed by atoms with Crippen LogP contribution in [0, 0.1) is 17.8 Å². The van der Waals surface area contributed by atoms with Gasteiger partial charge in [-0.25, -0.2) is 9.97 Å². The fourth-order valence-electron chi connectivity index (χ4n) is 8.49. The third-order valence-electron chi connectivity index (χ3n) is 10.9. The van der Waals surface area contributed by atoms with Gasteiger partial charge in [-0.1, -0.05) is 70.2 Å². The van der Waals surface area contributed by atoms with Crippen molar-refractivity contribution in [2.24, 2.45) is 17.8 Å². The molecule has 3 aromatic heterocycles. The number of nitrogens with one attached hydrogen (secondary N) is 3. The predicted octanol–water partition coefficient (Wildman–Crippen LogP) is 7.51. The normalized spacial score (nSPS) is 22.0. The molecule has 4 aliphatic heterocycles. The van der Waals surface area contributed by atoms with Gasteiger partial charge < -0.3 is 33.9 Å². The molecule has 10 bridgehead atoms. The average Bonchev–Trinajstić information content (AvgIpc) is 3.95. The van der Waals surface area contributed by atoms with Crippen molar-refractivity contribution < 1.29 is 27.9 Å². The molecule has 262 valence electrons. The van der Waals surface area contributed by atoms with Crippen LogP contribution in [0.25, 0.3) is 44.9 Å². The summed E-state index contributed by atoms with van der Waals surface area (Å²) in [4.78, 5) is 40.6. The summed E-state index contributed by atoms with van der Waals surface area (Å²) in [6.07, 6.45) is 3.33. The van der Waals surface area contributed by atoms with E-state index in [4.69, 9.17) is 28.3 Å². The molecular weight excluding hydrogens is 658 g/mol. The summed E-state index contributed by atoms with van der Waals surface area (Å²) in [6, 6.07) is 17.9. The van der Waals surface area contributed by atoms with Gasteiger partial charge in [0.15, 0.2) is 23.4 Å². The number of fused-ring (bicyclic) bond motifs is 7. The minimum absolute atomic E-state index is 0.0637. The number of H-pyrrole nitrogens is 1. The molecule has 4 atom stereocenters. The number of carbonyl (C=O) groups excluding carboxylic acids is 2. The largest absolute Gasteiger partial charge is 0.469 e. The fraction of sp³-hybridized carbons (Fsp3) is 0.317. The minimum Gasteiger partial charge on any atom is -0.469 e. The molecule has 6 aromatic rings. The van der Waals surface area contributed by atoms with E-state index in [1.54, 1.807) is 6.20 Å². The van der Waals surface area contributed by atoms with Crippen LogP contribution in [-0.2, 0) is 26.2 Å². The first-order valence-electron chi connectivity index (χ1n) is 17.9. The second kappa shape index (κ2) is 11.1. The first-order valence-corrected chi connectivity index (χ1v) is 17.9. The smallest absolute Gasteiger partial charge is 0.306 e. The van der Waals surface area contributed by atoms with Gasteiger partial charge >= 0.3 is 5.97 Å². The van der Waals surface area contributed by atoms with Crippen LogP contribution in [0.1, 0.15) is 68.5 Å². The van der Waals surface area contributed by atoms with E-state index in [1.807, 2.05) is 52.1 Å². The summed E-state index contributed by atoms with van der Waals surface area (Å²) in [5.41, 5.74) is 6.96. The Kier molecular flexibility index (Phi) is 6.59. The topological polar surface area (TPSA) is 145 Å². The van der Waals surface area contributed by atoms with Crippen LogP contribution in [0.2, 0.25) is 0 Å². The highest BCUT2D eigenvalue weighted by Gasteiger charge is 2.61.